The van der Waals surface area contributed by atoms with Gasteiger partial charge in [-0.3, -0.25) is 0 Å². The van der Waals surface area contributed by atoms with Gasteiger partial charge in [-0.25, -0.2) is 0 Å². The van der Waals surface area contributed by atoms with Crippen LogP contribution in [-0.2, 0) is 54.6 Å². The average molecular weight is 347 g/mol. The van der Waals surface area contributed by atoms with Gasteiger partial charge in [0.25, 0.3) is 0 Å². The Bertz CT molecular complexity index is 14.1. The van der Waals surface area contributed by atoms with E-state index in [1.54, 1.807) is 0 Å². The maximum Gasteiger partial charge on any atom is 4.00 e. The molecule has 0 radical (unpaired) electrons. The molecule has 0 aliphatic rings. The van der Waals surface area contributed by atoms with Crippen molar-refractivity contribution < 1.29 is 98.4 Å². The molecule has 0 heterocycles. The van der Waals surface area contributed by atoms with Crippen molar-refractivity contribution in [1.29, 1.82) is 0 Å². The molecule has 0 aliphatic heterocycles. The van der Waals surface area contributed by atoms with E-state index in [1.165, 1.54) is 0 Å². The van der Waals surface area contributed by atoms with Crippen molar-refractivity contribution in [3.05, 3.63) is 0 Å². The van der Waals surface area contributed by atoms with Crippen molar-refractivity contribution in [1.82, 2.24) is 0 Å². The third-order valence-electron chi connectivity index (χ3n) is 0. The van der Waals surface area contributed by atoms with Gasteiger partial charge in [0.1, 0.15) is 0 Å². The van der Waals surface area contributed by atoms with Crippen LogP contribution in [0.3, 0.4) is 0 Å². The van der Waals surface area contributed by atoms with Crippen molar-refractivity contribution in [2.45, 2.75) is 0 Å². The Morgan fingerprint density at radius 3 is 0.364 bits per heavy atom. The van der Waals surface area contributed by atoms with Crippen LogP contribution in [0.2, 0.25) is 0 Å². The van der Waals surface area contributed by atoms with Crippen molar-refractivity contribution in [3.63, 3.8) is 0 Å². The molecule has 0 rings (SSSR count). The SMILES string of the molecule is [Fe+2].[Mo+4].[Ni+2].[OH-].[OH-].[OH-].[OH-].[OH-].[OH-].[OH-].[OH-]. The Morgan fingerprint density at radius 2 is 0.364 bits per heavy atom. The van der Waals surface area contributed by atoms with E-state index in [-0.39, 0.29) is 98.4 Å². The van der Waals surface area contributed by atoms with Gasteiger partial charge in [0.2, 0.25) is 0 Å². The summed E-state index contributed by atoms with van der Waals surface area (Å²) < 4.78 is 0. The summed E-state index contributed by atoms with van der Waals surface area (Å²) >= 11 is 0. The van der Waals surface area contributed by atoms with Crippen molar-refractivity contribution in [2.75, 3.05) is 0 Å². The molecule has 0 atom stereocenters. The molecule has 0 aromatic heterocycles. The van der Waals surface area contributed by atoms with E-state index in [0.717, 1.165) is 0 Å². The molecule has 0 amide bonds. The minimum atomic E-state index is 0. The van der Waals surface area contributed by atoms with Crippen LogP contribution in [0.1, 0.15) is 0 Å². The number of hydrogen-bond donors (Lipinski definition) is 0. The summed E-state index contributed by atoms with van der Waals surface area (Å²) in [7, 11) is 0. The molecule has 11 heteroatoms. The fourth-order valence-electron chi connectivity index (χ4n) is 0. The van der Waals surface area contributed by atoms with Gasteiger partial charge in [0.15, 0.2) is 0 Å². The number of hydrogen-bond acceptors (Lipinski definition) is 8. The molecule has 0 aliphatic carbocycles. The van der Waals surface area contributed by atoms with Gasteiger partial charge in [0, 0.05) is 0 Å². The van der Waals surface area contributed by atoms with E-state index in [1.807, 2.05) is 0 Å². The summed E-state index contributed by atoms with van der Waals surface area (Å²) in [4.78, 5) is 0. The average Bonchev–Trinajstić information content (AvgIpc) is 0. The zero-order valence-corrected chi connectivity index (χ0v) is 8.75. The third-order valence-corrected chi connectivity index (χ3v) is 0. The van der Waals surface area contributed by atoms with Gasteiger partial charge < -0.3 is 43.8 Å². The van der Waals surface area contributed by atoms with Crippen molar-refractivity contribution in [2.24, 2.45) is 0 Å². The topological polar surface area (TPSA) is 240 Å². The Balaban J connectivity index is 0. The summed E-state index contributed by atoms with van der Waals surface area (Å²) in [5, 5.41) is 0. The fraction of sp³-hybridized carbons (Fsp3) is 0. The Kier molecular flexibility index (Phi) is 49100. The maximum absolute atomic E-state index is 0. The minimum absolute atomic E-state index is 0. The second-order valence-corrected chi connectivity index (χ2v) is 0. The van der Waals surface area contributed by atoms with Crippen LogP contribution in [0, 0.1) is 0 Å². The van der Waals surface area contributed by atoms with E-state index in [4.69, 9.17) is 0 Å². The monoisotopic (exact) mass is 348 g/mol. The van der Waals surface area contributed by atoms with Crippen LogP contribution in [0.4, 0.5) is 0 Å². The number of rotatable bonds is 0. The normalized spacial score (nSPS) is 0. The van der Waals surface area contributed by atoms with Crippen LogP contribution < -0.4 is 0 Å². The summed E-state index contributed by atoms with van der Waals surface area (Å²) in [6, 6.07) is 0. The molecule has 8 N–H and O–H groups in total. The third kappa shape index (κ3) is 525. The fourth-order valence-corrected chi connectivity index (χ4v) is 0. The van der Waals surface area contributed by atoms with Gasteiger partial charge in [-0.05, 0) is 0 Å². The first kappa shape index (κ1) is 841. The zero-order chi connectivity index (χ0) is 0. The van der Waals surface area contributed by atoms with E-state index < -0.39 is 0 Å². The van der Waals surface area contributed by atoms with E-state index in [0.29, 0.717) is 0 Å². The summed E-state index contributed by atoms with van der Waals surface area (Å²) in [5.74, 6) is 0. The molecule has 0 saturated heterocycles. The summed E-state index contributed by atoms with van der Waals surface area (Å²) in [6.45, 7) is 0. The smallest absolute Gasteiger partial charge is 0.870 e. The largest absolute Gasteiger partial charge is 4.00 e. The van der Waals surface area contributed by atoms with Gasteiger partial charge in [-0.1, -0.05) is 0 Å². The second kappa shape index (κ2) is 643. The van der Waals surface area contributed by atoms with E-state index >= 15 is 0 Å². The molecule has 0 spiro atoms. The molecule has 0 unspecified atom stereocenters. The predicted octanol–water partition coefficient (Wildman–Crippen LogP) is -1.42. The van der Waals surface area contributed by atoms with Crippen LogP contribution in [0.15, 0.2) is 0 Å². The van der Waals surface area contributed by atoms with Crippen molar-refractivity contribution >= 4 is 0 Å². The second-order valence-electron chi connectivity index (χ2n) is 0. The van der Waals surface area contributed by atoms with Gasteiger partial charge >= 0.3 is 54.6 Å². The molecular weight excluding hydrogens is 338 g/mol. The summed E-state index contributed by atoms with van der Waals surface area (Å²) in [6.07, 6.45) is 0. The first-order valence-electron chi connectivity index (χ1n) is 0. The first-order chi connectivity index (χ1) is 0. The molecule has 8 nitrogen and oxygen atoms in total. The first-order valence-corrected chi connectivity index (χ1v) is 0. The molecule has 0 bridgehead atoms. The maximum atomic E-state index is 0. The van der Waals surface area contributed by atoms with Gasteiger partial charge in [-0.2, -0.15) is 0 Å². The Hall–Kier alpha value is 1.38. The van der Waals surface area contributed by atoms with Gasteiger partial charge in [0.05, 0.1) is 0 Å². The standard InChI is InChI=1S/Fe.Mo.Ni.8H2O/h;;;8*1H2/q+2;+4;+2;;;;;;;;/p-8. The molecule has 0 aromatic carbocycles. The quantitative estimate of drug-likeness (QED) is 0.469. The van der Waals surface area contributed by atoms with Crippen molar-refractivity contribution in [3.8, 4) is 0 Å². The minimum Gasteiger partial charge on any atom is -0.870 e. The van der Waals surface area contributed by atoms with Crippen LogP contribution in [-0.4, -0.2) is 43.8 Å². The van der Waals surface area contributed by atoms with Gasteiger partial charge in [-0.15, -0.1) is 0 Å². The van der Waals surface area contributed by atoms with E-state index in [2.05, 4.69) is 0 Å². The molecule has 11 heavy (non-hydrogen) atoms. The molecule has 0 saturated carbocycles. The Morgan fingerprint density at radius 1 is 0.364 bits per heavy atom. The molecule has 0 fully saturated rings. The zero-order valence-electron chi connectivity index (χ0n) is 4.66. The predicted molar refractivity (Wildman–Crippen MR) is 15.5 cm³/mol. The van der Waals surface area contributed by atoms with Crippen LogP contribution >= 0.6 is 0 Å². The van der Waals surface area contributed by atoms with Crippen LogP contribution in [0.25, 0.3) is 0 Å². The van der Waals surface area contributed by atoms with E-state index in [9.17, 15) is 0 Å². The molecular formula is H8FeMoNiO8. The molecule has 0 aromatic rings. The Labute approximate surface area is 98.2 Å². The summed E-state index contributed by atoms with van der Waals surface area (Å²) in [5.41, 5.74) is 0. The molecule has 80 valence electrons. The van der Waals surface area contributed by atoms with Crippen LogP contribution in [0.5, 0.6) is 0 Å².